The van der Waals surface area contributed by atoms with Gasteiger partial charge in [0, 0.05) is 18.1 Å². The van der Waals surface area contributed by atoms with E-state index in [-0.39, 0.29) is 28.9 Å². The molecule has 8 nitrogen and oxygen atoms in total. The number of hydrogen-bond acceptors (Lipinski definition) is 5. The molecule has 182 valence electrons. The summed E-state index contributed by atoms with van der Waals surface area (Å²) < 4.78 is 32.8. The van der Waals surface area contributed by atoms with Crippen LogP contribution in [-0.4, -0.2) is 50.1 Å². The van der Waals surface area contributed by atoms with Crippen molar-refractivity contribution in [3.8, 4) is 0 Å². The van der Waals surface area contributed by atoms with Crippen molar-refractivity contribution in [2.75, 3.05) is 13.1 Å². The molecular weight excluding hydrogens is 477 g/mol. The number of nitrogens with zero attached hydrogens (tertiary/aromatic N) is 1. The van der Waals surface area contributed by atoms with E-state index in [1.54, 1.807) is 20.8 Å². The van der Waals surface area contributed by atoms with E-state index in [0.29, 0.717) is 24.3 Å². The van der Waals surface area contributed by atoms with Gasteiger partial charge >= 0.3 is 6.09 Å². The fraction of sp³-hybridized carbons (Fsp3) is 0.619. The van der Waals surface area contributed by atoms with Crippen molar-refractivity contribution in [2.24, 2.45) is 11.7 Å². The molecule has 0 unspecified atom stereocenters. The third-order valence-electron chi connectivity index (χ3n) is 4.33. The first-order valence-corrected chi connectivity index (χ1v) is 12.6. The van der Waals surface area contributed by atoms with E-state index in [1.165, 1.54) is 23.1 Å². The molecule has 0 saturated heterocycles. The Morgan fingerprint density at radius 1 is 1.19 bits per heavy atom. The van der Waals surface area contributed by atoms with Gasteiger partial charge in [-0.25, -0.2) is 17.9 Å². The lowest BCUT2D eigenvalue weighted by Crippen LogP contribution is -2.50. The molecule has 0 aliphatic heterocycles. The number of carbonyl (C=O) groups is 2. The van der Waals surface area contributed by atoms with Gasteiger partial charge in [0.1, 0.15) is 16.5 Å². The number of unbranched alkanes of at least 4 members (excludes halogenated alkanes) is 1. The number of sulfonamides is 1. The van der Waals surface area contributed by atoms with E-state index >= 15 is 0 Å². The molecule has 3 N–H and O–H groups in total. The predicted molar refractivity (Wildman–Crippen MR) is 126 cm³/mol. The van der Waals surface area contributed by atoms with E-state index in [0.717, 1.165) is 0 Å². The van der Waals surface area contributed by atoms with Crippen molar-refractivity contribution in [1.82, 2.24) is 9.62 Å². The molecule has 0 heterocycles. The zero-order valence-corrected chi connectivity index (χ0v) is 21.5. The van der Waals surface area contributed by atoms with Crippen molar-refractivity contribution < 1.29 is 22.7 Å². The maximum Gasteiger partial charge on any atom is 0.410 e. The quantitative estimate of drug-likeness (QED) is 0.433. The van der Waals surface area contributed by atoms with E-state index in [4.69, 9.17) is 33.7 Å². The second-order valence-corrected chi connectivity index (χ2v) is 11.5. The van der Waals surface area contributed by atoms with Gasteiger partial charge in [-0.2, -0.15) is 0 Å². The Labute approximate surface area is 200 Å². The summed E-state index contributed by atoms with van der Waals surface area (Å²) >= 11 is 11.8. The van der Waals surface area contributed by atoms with Crippen LogP contribution in [0.4, 0.5) is 4.79 Å². The lowest BCUT2D eigenvalue weighted by Gasteiger charge is -2.32. The molecule has 2 amide bonds. The first-order valence-electron chi connectivity index (χ1n) is 10.4. The summed E-state index contributed by atoms with van der Waals surface area (Å²) in [5, 5.41) is 0.362. The van der Waals surface area contributed by atoms with Crippen LogP contribution < -0.4 is 10.5 Å². The summed E-state index contributed by atoms with van der Waals surface area (Å²) in [6.07, 6.45) is 0.612. The summed E-state index contributed by atoms with van der Waals surface area (Å²) in [7, 11) is -3.81. The molecule has 11 heteroatoms. The molecule has 0 saturated carbocycles. The molecule has 0 aliphatic rings. The molecule has 32 heavy (non-hydrogen) atoms. The summed E-state index contributed by atoms with van der Waals surface area (Å²) in [6.45, 7) is 9.39. The fourth-order valence-electron chi connectivity index (χ4n) is 2.92. The molecule has 0 fully saturated rings. The summed E-state index contributed by atoms with van der Waals surface area (Å²) in [5.74, 6) is -0.476. The third kappa shape index (κ3) is 9.52. The summed E-state index contributed by atoms with van der Waals surface area (Å²) in [4.78, 5) is 26.0. The zero-order valence-electron chi connectivity index (χ0n) is 19.2. The van der Waals surface area contributed by atoms with Gasteiger partial charge in [0.05, 0.1) is 5.02 Å². The average molecular weight is 510 g/mol. The number of ether oxygens (including phenoxy) is 1. The smallest absolute Gasteiger partial charge is 0.410 e. The Hall–Kier alpha value is -1.55. The van der Waals surface area contributed by atoms with Gasteiger partial charge in [-0.3, -0.25) is 9.69 Å². The number of nitrogens with two attached hydrogens (primary N) is 1. The van der Waals surface area contributed by atoms with Crippen LogP contribution in [0.3, 0.4) is 0 Å². The predicted octanol–water partition coefficient (Wildman–Crippen LogP) is 4.19. The van der Waals surface area contributed by atoms with E-state index in [1.807, 2.05) is 13.8 Å². The third-order valence-corrected chi connectivity index (χ3v) is 6.51. The SMILES string of the molecule is CC(C)C[C@@H](C(N)=O)N(CCCCNS(=O)(=O)c1ccc(Cl)cc1Cl)C(=O)OC(C)(C)C. The van der Waals surface area contributed by atoms with Crippen molar-refractivity contribution >= 4 is 45.2 Å². The Morgan fingerprint density at radius 2 is 1.81 bits per heavy atom. The topological polar surface area (TPSA) is 119 Å². The maximum atomic E-state index is 12.7. The molecule has 0 aromatic heterocycles. The van der Waals surface area contributed by atoms with E-state index in [9.17, 15) is 18.0 Å². The number of primary amides is 1. The standard InChI is InChI=1S/C21H33Cl2N3O5S/c1-14(2)12-17(19(24)27)26(20(28)31-21(3,4)5)11-7-6-10-25-32(29,30)18-9-8-15(22)13-16(18)23/h8-9,13-14,17,25H,6-7,10-12H2,1-5H3,(H2,24,27)/t17-/m0/s1. The minimum absolute atomic E-state index is 0.0269. The zero-order chi connectivity index (χ0) is 24.7. The van der Waals surface area contributed by atoms with E-state index < -0.39 is 33.7 Å². The Balaban J connectivity index is 2.79. The lowest BCUT2D eigenvalue weighted by molar-refractivity contribution is -0.123. The largest absolute Gasteiger partial charge is 0.444 e. The van der Waals surface area contributed by atoms with Gasteiger partial charge in [0.15, 0.2) is 0 Å². The van der Waals surface area contributed by atoms with Crippen molar-refractivity contribution in [3.63, 3.8) is 0 Å². The molecule has 0 aliphatic carbocycles. The number of benzene rings is 1. The summed E-state index contributed by atoms with van der Waals surface area (Å²) in [6, 6.07) is 3.32. The van der Waals surface area contributed by atoms with Crippen LogP contribution in [0.1, 0.15) is 53.9 Å². The van der Waals surface area contributed by atoms with Crippen LogP contribution in [0, 0.1) is 5.92 Å². The van der Waals surface area contributed by atoms with Crippen LogP contribution in [0.5, 0.6) is 0 Å². The van der Waals surface area contributed by atoms with Crippen LogP contribution in [0.25, 0.3) is 0 Å². The van der Waals surface area contributed by atoms with Crippen molar-refractivity contribution in [3.05, 3.63) is 28.2 Å². The minimum atomic E-state index is -3.81. The second kappa shape index (κ2) is 12.1. The molecule has 1 aromatic carbocycles. The normalized spacial score (nSPS) is 13.1. The highest BCUT2D eigenvalue weighted by Crippen LogP contribution is 2.25. The number of hydrogen-bond donors (Lipinski definition) is 2. The maximum absolute atomic E-state index is 12.7. The molecule has 1 rings (SSSR count). The van der Waals surface area contributed by atoms with Crippen LogP contribution in [-0.2, 0) is 19.6 Å². The Morgan fingerprint density at radius 3 is 2.31 bits per heavy atom. The van der Waals surface area contributed by atoms with Crippen LogP contribution in [0.15, 0.2) is 23.1 Å². The van der Waals surface area contributed by atoms with Gasteiger partial charge < -0.3 is 10.5 Å². The highest BCUT2D eigenvalue weighted by atomic mass is 35.5. The Bertz CT molecular complexity index is 901. The number of carbonyl (C=O) groups excluding carboxylic acids is 2. The number of nitrogens with one attached hydrogen (secondary N) is 1. The molecule has 0 radical (unpaired) electrons. The van der Waals surface area contributed by atoms with Gasteiger partial charge in [-0.05, 0) is 64.2 Å². The average Bonchev–Trinajstić information content (AvgIpc) is 2.60. The molecule has 0 bridgehead atoms. The molecule has 0 spiro atoms. The number of rotatable bonds is 11. The minimum Gasteiger partial charge on any atom is -0.444 e. The lowest BCUT2D eigenvalue weighted by atomic mass is 10.0. The first kappa shape index (κ1) is 28.5. The van der Waals surface area contributed by atoms with Gasteiger partial charge in [0.2, 0.25) is 15.9 Å². The van der Waals surface area contributed by atoms with Crippen molar-refractivity contribution in [1.29, 1.82) is 0 Å². The first-order chi connectivity index (χ1) is 14.6. The molecule has 1 aromatic rings. The molecule has 1 atom stereocenters. The van der Waals surface area contributed by atoms with Gasteiger partial charge in [0.25, 0.3) is 0 Å². The highest BCUT2D eigenvalue weighted by Gasteiger charge is 2.32. The van der Waals surface area contributed by atoms with Crippen molar-refractivity contribution in [2.45, 2.75) is 70.4 Å². The summed E-state index contributed by atoms with van der Waals surface area (Å²) in [5.41, 5.74) is 4.83. The van der Waals surface area contributed by atoms with Crippen LogP contribution in [0.2, 0.25) is 10.0 Å². The number of amides is 2. The number of halogens is 2. The monoisotopic (exact) mass is 509 g/mol. The highest BCUT2D eigenvalue weighted by molar-refractivity contribution is 7.89. The second-order valence-electron chi connectivity index (χ2n) is 8.90. The van der Waals surface area contributed by atoms with E-state index in [2.05, 4.69) is 4.72 Å². The van der Waals surface area contributed by atoms with Crippen LogP contribution >= 0.6 is 23.2 Å². The molecular formula is C21H33Cl2N3O5S. The van der Waals surface area contributed by atoms with Gasteiger partial charge in [-0.15, -0.1) is 0 Å². The Kier molecular flexibility index (Phi) is 10.7. The van der Waals surface area contributed by atoms with Gasteiger partial charge in [-0.1, -0.05) is 37.0 Å². The fourth-order valence-corrected chi connectivity index (χ4v) is 4.77.